The van der Waals surface area contributed by atoms with E-state index in [0.29, 0.717) is 5.52 Å². The molecule has 0 radical (unpaired) electrons. The fourth-order valence-electron chi connectivity index (χ4n) is 2.01. The third-order valence-corrected chi connectivity index (χ3v) is 3.20. The molecule has 0 spiro atoms. The molecule has 0 bridgehead atoms. The molecule has 0 aliphatic rings. The number of pyridine rings is 1. The van der Waals surface area contributed by atoms with Gasteiger partial charge in [0.2, 0.25) is 0 Å². The Morgan fingerprint density at radius 1 is 1.56 bits per heavy atom. The Labute approximate surface area is 110 Å². The molecule has 0 amide bonds. The van der Waals surface area contributed by atoms with Gasteiger partial charge in [0.15, 0.2) is 5.69 Å². The van der Waals surface area contributed by atoms with E-state index in [1.54, 1.807) is 17.9 Å². The Bertz CT molecular complexity index is 774. The molecule has 3 heterocycles. The summed E-state index contributed by atoms with van der Waals surface area (Å²) < 4.78 is 7.21. The standard InChI is InChI=1S/C11H9BrN4O2/c1-16-10-7-6(3-5(12)4-13-7)14-8(10)9(15-16)11(17)18-2/h3-4,14H,1-2H3. The van der Waals surface area contributed by atoms with Crippen molar-refractivity contribution in [1.29, 1.82) is 0 Å². The molecule has 0 unspecified atom stereocenters. The first-order valence-electron chi connectivity index (χ1n) is 5.20. The molecule has 1 N–H and O–H groups in total. The van der Waals surface area contributed by atoms with E-state index in [1.807, 2.05) is 6.07 Å². The second-order valence-electron chi connectivity index (χ2n) is 3.86. The van der Waals surface area contributed by atoms with Crippen LogP contribution in [0.3, 0.4) is 0 Å². The van der Waals surface area contributed by atoms with E-state index >= 15 is 0 Å². The molecule has 0 aliphatic heterocycles. The molecule has 3 aromatic heterocycles. The van der Waals surface area contributed by atoms with Gasteiger partial charge in [-0.2, -0.15) is 5.10 Å². The molecular formula is C11H9BrN4O2. The highest BCUT2D eigenvalue weighted by Gasteiger charge is 2.21. The van der Waals surface area contributed by atoms with Gasteiger partial charge in [0, 0.05) is 17.7 Å². The van der Waals surface area contributed by atoms with Crippen molar-refractivity contribution in [2.75, 3.05) is 7.11 Å². The molecule has 0 atom stereocenters. The van der Waals surface area contributed by atoms with E-state index in [2.05, 4.69) is 31.0 Å². The van der Waals surface area contributed by atoms with Crippen LogP contribution >= 0.6 is 15.9 Å². The normalized spacial score (nSPS) is 11.3. The molecule has 0 saturated carbocycles. The number of carbonyl (C=O) groups is 1. The maximum Gasteiger partial charge on any atom is 0.360 e. The second-order valence-corrected chi connectivity index (χ2v) is 4.78. The maximum atomic E-state index is 11.6. The zero-order valence-electron chi connectivity index (χ0n) is 9.69. The molecule has 0 aromatic carbocycles. The molecule has 0 aliphatic carbocycles. The van der Waals surface area contributed by atoms with Gasteiger partial charge in [0.05, 0.1) is 12.6 Å². The average molecular weight is 309 g/mol. The number of H-pyrrole nitrogens is 1. The number of rotatable bonds is 1. The van der Waals surface area contributed by atoms with Gasteiger partial charge in [-0.15, -0.1) is 0 Å². The predicted molar refractivity (Wildman–Crippen MR) is 69.4 cm³/mol. The van der Waals surface area contributed by atoms with Crippen LogP contribution in [0.4, 0.5) is 0 Å². The first-order valence-corrected chi connectivity index (χ1v) is 5.99. The van der Waals surface area contributed by atoms with E-state index < -0.39 is 5.97 Å². The molecule has 3 rings (SSSR count). The van der Waals surface area contributed by atoms with Crippen LogP contribution in [0, 0.1) is 0 Å². The lowest BCUT2D eigenvalue weighted by atomic mass is 10.3. The minimum atomic E-state index is -0.466. The first kappa shape index (κ1) is 11.2. The highest BCUT2D eigenvalue weighted by molar-refractivity contribution is 9.10. The number of ether oxygens (including phenoxy) is 1. The average Bonchev–Trinajstić information content (AvgIpc) is 2.86. The third kappa shape index (κ3) is 1.43. The van der Waals surface area contributed by atoms with Crippen LogP contribution in [0.25, 0.3) is 22.1 Å². The molecule has 18 heavy (non-hydrogen) atoms. The summed E-state index contributed by atoms with van der Waals surface area (Å²) in [6, 6.07) is 1.91. The number of hydrogen-bond acceptors (Lipinski definition) is 4. The Kier molecular flexibility index (Phi) is 2.37. The minimum absolute atomic E-state index is 0.268. The van der Waals surface area contributed by atoms with Crippen LogP contribution < -0.4 is 0 Å². The van der Waals surface area contributed by atoms with E-state index in [9.17, 15) is 4.79 Å². The summed E-state index contributed by atoms with van der Waals surface area (Å²) in [4.78, 5) is 19.1. The van der Waals surface area contributed by atoms with Crippen LogP contribution in [-0.4, -0.2) is 32.8 Å². The number of fused-ring (bicyclic) bond motifs is 3. The molecule has 0 saturated heterocycles. The van der Waals surface area contributed by atoms with Crippen molar-refractivity contribution < 1.29 is 9.53 Å². The van der Waals surface area contributed by atoms with Crippen LogP contribution in [0.15, 0.2) is 16.7 Å². The molecule has 92 valence electrons. The van der Waals surface area contributed by atoms with Crippen molar-refractivity contribution in [1.82, 2.24) is 19.7 Å². The number of aryl methyl sites for hydroxylation is 1. The van der Waals surface area contributed by atoms with E-state index in [1.165, 1.54) is 7.11 Å². The number of nitrogens with one attached hydrogen (secondary N) is 1. The lowest BCUT2D eigenvalue weighted by molar-refractivity contribution is 0.0595. The van der Waals surface area contributed by atoms with Gasteiger partial charge < -0.3 is 9.72 Å². The van der Waals surface area contributed by atoms with Crippen molar-refractivity contribution in [3.8, 4) is 0 Å². The van der Waals surface area contributed by atoms with E-state index in [4.69, 9.17) is 4.74 Å². The Morgan fingerprint density at radius 3 is 3.06 bits per heavy atom. The molecule has 3 aromatic rings. The maximum absolute atomic E-state index is 11.6. The fraction of sp³-hybridized carbons (Fsp3) is 0.182. The van der Waals surface area contributed by atoms with Gasteiger partial charge in [-0.25, -0.2) is 4.79 Å². The summed E-state index contributed by atoms with van der Waals surface area (Å²) in [7, 11) is 3.10. The lowest BCUT2D eigenvalue weighted by Crippen LogP contribution is -2.04. The number of hydrogen-bond donors (Lipinski definition) is 1. The molecule has 6 nitrogen and oxygen atoms in total. The van der Waals surface area contributed by atoms with Gasteiger partial charge in [0.1, 0.15) is 16.6 Å². The van der Waals surface area contributed by atoms with Crippen molar-refractivity contribution in [3.63, 3.8) is 0 Å². The summed E-state index contributed by atoms with van der Waals surface area (Å²) in [6.07, 6.45) is 1.71. The number of halogens is 1. The monoisotopic (exact) mass is 308 g/mol. The summed E-state index contributed by atoms with van der Waals surface area (Å²) in [5.41, 5.74) is 3.32. The predicted octanol–water partition coefficient (Wildman–Crippen LogP) is 2.00. The number of aromatic amines is 1. The molecule has 0 fully saturated rings. The Balaban J connectivity index is 2.43. The Hall–Kier alpha value is -1.89. The smallest absolute Gasteiger partial charge is 0.360 e. The van der Waals surface area contributed by atoms with Crippen LogP contribution in [0.1, 0.15) is 10.5 Å². The van der Waals surface area contributed by atoms with E-state index in [-0.39, 0.29) is 5.69 Å². The quantitative estimate of drug-likeness (QED) is 0.698. The largest absolute Gasteiger partial charge is 0.464 e. The van der Waals surface area contributed by atoms with Crippen molar-refractivity contribution in [2.24, 2.45) is 7.05 Å². The zero-order valence-corrected chi connectivity index (χ0v) is 11.3. The highest BCUT2D eigenvalue weighted by atomic mass is 79.9. The topological polar surface area (TPSA) is 72.8 Å². The number of methoxy groups -OCH3 is 1. The fourth-order valence-corrected chi connectivity index (χ4v) is 2.34. The SMILES string of the molecule is COC(=O)c1nn(C)c2c1[nH]c1cc(Br)cnc12. The van der Waals surface area contributed by atoms with Gasteiger partial charge in [0.25, 0.3) is 0 Å². The van der Waals surface area contributed by atoms with Crippen molar-refractivity contribution >= 4 is 44.0 Å². The van der Waals surface area contributed by atoms with Crippen molar-refractivity contribution in [3.05, 3.63) is 22.4 Å². The summed E-state index contributed by atoms with van der Waals surface area (Å²) >= 11 is 3.36. The number of esters is 1. The van der Waals surface area contributed by atoms with Gasteiger partial charge >= 0.3 is 5.97 Å². The van der Waals surface area contributed by atoms with Crippen LogP contribution in [0.2, 0.25) is 0 Å². The highest BCUT2D eigenvalue weighted by Crippen LogP contribution is 2.27. The minimum Gasteiger partial charge on any atom is -0.464 e. The van der Waals surface area contributed by atoms with Crippen LogP contribution in [0.5, 0.6) is 0 Å². The summed E-state index contributed by atoms with van der Waals surface area (Å²) in [6.45, 7) is 0. The zero-order chi connectivity index (χ0) is 12.9. The number of aromatic nitrogens is 4. The van der Waals surface area contributed by atoms with Gasteiger partial charge in [-0.3, -0.25) is 9.67 Å². The van der Waals surface area contributed by atoms with Gasteiger partial charge in [-0.1, -0.05) is 0 Å². The van der Waals surface area contributed by atoms with Gasteiger partial charge in [-0.05, 0) is 22.0 Å². The number of carbonyl (C=O) groups excluding carboxylic acids is 1. The first-order chi connectivity index (χ1) is 8.61. The molecular weight excluding hydrogens is 300 g/mol. The van der Waals surface area contributed by atoms with Crippen molar-refractivity contribution in [2.45, 2.75) is 0 Å². The summed E-state index contributed by atoms with van der Waals surface area (Å²) in [5.74, 6) is -0.466. The molecule has 7 heteroatoms. The Morgan fingerprint density at radius 2 is 2.33 bits per heavy atom. The van der Waals surface area contributed by atoms with E-state index in [0.717, 1.165) is 21.0 Å². The third-order valence-electron chi connectivity index (χ3n) is 2.76. The summed E-state index contributed by atoms with van der Waals surface area (Å²) in [5, 5.41) is 4.15. The number of nitrogens with zero attached hydrogens (tertiary/aromatic N) is 3. The van der Waals surface area contributed by atoms with Crippen LogP contribution in [-0.2, 0) is 11.8 Å². The lowest BCUT2D eigenvalue weighted by Gasteiger charge is -1.94. The second kappa shape index (κ2) is 3.81.